The molecule has 1 aliphatic heterocycles. The highest BCUT2D eigenvalue weighted by Crippen LogP contribution is 2.35. The maximum atomic E-state index is 13.7. The molecule has 3 N–H and O–H groups in total. The summed E-state index contributed by atoms with van der Waals surface area (Å²) in [5.74, 6) is -0.951. The van der Waals surface area contributed by atoms with Gasteiger partial charge in [-0.3, -0.25) is 15.1 Å². The van der Waals surface area contributed by atoms with Crippen molar-refractivity contribution in [3.63, 3.8) is 0 Å². The van der Waals surface area contributed by atoms with Crippen LogP contribution in [-0.2, 0) is 14.8 Å². The highest BCUT2D eigenvalue weighted by molar-refractivity contribution is 8.19. The smallest absolute Gasteiger partial charge is 0.271 e. The summed E-state index contributed by atoms with van der Waals surface area (Å²) in [4.78, 5) is 13.8. The number of hydrogen-bond donors (Lipinski definition) is 2. The van der Waals surface area contributed by atoms with Crippen LogP contribution in [0.4, 0.5) is 10.1 Å². The lowest BCUT2D eigenvalue weighted by Crippen LogP contribution is -2.28. The number of amides is 1. The molecule has 25 heavy (non-hydrogen) atoms. The first-order chi connectivity index (χ1) is 11.8. The van der Waals surface area contributed by atoms with Crippen molar-refractivity contribution in [2.24, 2.45) is 5.14 Å². The molecule has 0 aliphatic carbocycles. The Morgan fingerprint density at radius 3 is 2.36 bits per heavy atom. The van der Waals surface area contributed by atoms with Gasteiger partial charge in [0.25, 0.3) is 5.91 Å². The number of nitrogens with two attached hydrogens (primary N) is 1. The van der Waals surface area contributed by atoms with Gasteiger partial charge in [-0.1, -0.05) is 18.2 Å². The first kappa shape index (κ1) is 17.3. The molecule has 0 atom stereocenters. The number of carbonyl (C=O) groups excluding carboxylic acids is 1. The Hall–Kier alpha value is -2.49. The third-order valence-corrected chi connectivity index (χ3v) is 5.26. The van der Waals surface area contributed by atoms with Gasteiger partial charge >= 0.3 is 0 Å². The fourth-order valence-electron chi connectivity index (χ4n) is 2.24. The number of carbonyl (C=O) groups is 1. The molecule has 0 spiro atoms. The summed E-state index contributed by atoms with van der Waals surface area (Å²) in [6.07, 6.45) is 1.38. The van der Waals surface area contributed by atoms with Gasteiger partial charge in [-0.05, 0) is 48.2 Å². The Morgan fingerprint density at radius 1 is 1.12 bits per heavy atom. The number of primary sulfonamides is 1. The van der Waals surface area contributed by atoms with Crippen LogP contribution in [0.25, 0.3) is 6.08 Å². The van der Waals surface area contributed by atoms with E-state index in [-0.39, 0.29) is 20.5 Å². The molecule has 3 rings (SSSR count). The molecule has 1 fully saturated rings. The van der Waals surface area contributed by atoms with Crippen LogP contribution in [0.3, 0.4) is 0 Å². The average Bonchev–Trinajstić information content (AvgIpc) is 2.83. The fourth-order valence-corrected chi connectivity index (χ4v) is 3.61. The molecule has 1 heterocycles. The largest absolute Gasteiger partial charge is 0.278 e. The van der Waals surface area contributed by atoms with Crippen molar-refractivity contribution in [3.8, 4) is 0 Å². The molecule has 2 aromatic carbocycles. The summed E-state index contributed by atoms with van der Waals surface area (Å²) >= 11 is 0.901. The van der Waals surface area contributed by atoms with Gasteiger partial charge in [-0.25, -0.2) is 17.9 Å². The van der Waals surface area contributed by atoms with Crippen molar-refractivity contribution < 1.29 is 17.6 Å². The van der Waals surface area contributed by atoms with Gasteiger partial charge in [-0.2, -0.15) is 0 Å². The van der Waals surface area contributed by atoms with Gasteiger partial charge in [0.2, 0.25) is 10.0 Å². The summed E-state index contributed by atoms with van der Waals surface area (Å²) in [5, 5.41) is 13.0. The van der Waals surface area contributed by atoms with Crippen LogP contribution in [0.1, 0.15) is 5.56 Å². The first-order valence-electron chi connectivity index (χ1n) is 6.97. The van der Waals surface area contributed by atoms with Crippen LogP contribution in [0.15, 0.2) is 58.3 Å². The summed E-state index contributed by atoms with van der Waals surface area (Å²) in [7, 11) is -3.84. The van der Waals surface area contributed by atoms with Crippen LogP contribution < -0.4 is 10.0 Å². The first-order valence-corrected chi connectivity index (χ1v) is 9.33. The number of sulfonamides is 1. The average molecular weight is 377 g/mol. The lowest BCUT2D eigenvalue weighted by atomic mass is 10.2. The highest BCUT2D eigenvalue weighted by atomic mass is 32.2. The van der Waals surface area contributed by atoms with E-state index in [1.807, 2.05) is 0 Å². The minimum Gasteiger partial charge on any atom is -0.278 e. The van der Waals surface area contributed by atoms with Crippen LogP contribution in [0.5, 0.6) is 0 Å². The number of amidine groups is 1. The monoisotopic (exact) mass is 377 g/mol. The fraction of sp³-hybridized carbons (Fsp3) is 0. The Kier molecular flexibility index (Phi) is 4.46. The number of hydrogen-bond acceptors (Lipinski definition) is 5. The van der Waals surface area contributed by atoms with Crippen LogP contribution in [-0.4, -0.2) is 19.5 Å². The summed E-state index contributed by atoms with van der Waals surface area (Å²) < 4.78 is 36.3. The van der Waals surface area contributed by atoms with Crippen molar-refractivity contribution in [3.05, 3.63) is 64.8 Å². The van der Waals surface area contributed by atoms with Gasteiger partial charge < -0.3 is 0 Å². The second-order valence-electron chi connectivity index (χ2n) is 5.12. The van der Waals surface area contributed by atoms with E-state index < -0.39 is 21.7 Å². The van der Waals surface area contributed by atoms with Crippen LogP contribution in [0, 0.1) is 11.2 Å². The molecule has 2 aromatic rings. The molecule has 0 unspecified atom stereocenters. The third-order valence-electron chi connectivity index (χ3n) is 3.44. The Bertz CT molecular complexity index is 1000. The van der Waals surface area contributed by atoms with Gasteiger partial charge in [0.15, 0.2) is 5.17 Å². The van der Waals surface area contributed by atoms with Gasteiger partial charge in [0, 0.05) is 5.56 Å². The molecule has 0 aromatic heterocycles. The van der Waals surface area contributed by atoms with Gasteiger partial charge in [-0.15, -0.1) is 0 Å². The van der Waals surface area contributed by atoms with Crippen molar-refractivity contribution in [2.45, 2.75) is 4.90 Å². The Labute approximate surface area is 147 Å². The zero-order chi connectivity index (χ0) is 18.2. The van der Waals surface area contributed by atoms with Crippen molar-refractivity contribution >= 4 is 44.6 Å². The topological polar surface area (TPSA) is 104 Å². The number of benzene rings is 2. The minimum atomic E-state index is -3.84. The zero-order valence-corrected chi connectivity index (χ0v) is 14.3. The van der Waals surface area contributed by atoms with Crippen molar-refractivity contribution in [1.29, 1.82) is 5.41 Å². The number of nitrogens with zero attached hydrogens (tertiary/aromatic N) is 1. The molecule has 0 bridgehead atoms. The van der Waals surface area contributed by atoms with E-state index in [9.17, 15) is 17.6 Å². The third kappa shape index (κ3) is 3.48. The van der Waals surface area contributed by atoms with E-state index in [1.165, 1.54) is 42.5 Å². The highest BCUT2D eigenvalue weighted by Gasteiger charge is 2.33. The molecular formula is C16H12FN3O3S2. The maximum absolute atomic E-state index is 13.7. The summed E-state index contributed by atoms with van der Waals surface area (Å²) in [6.45, 7) is 0. The number of thioether (sulfide) groups is 1. The number of anilines is 1. The molecule has 1 saturated heterocycles. The summed E-state index contributed by atoms with van der Waals surface area (Å²) in [5.41, 5.74) is 0.574. The van der Waals surface area contributed by atoms with E-state index in [2.05, 4.69) is 0 Å². The molecular weight excluding hydrogens is 365 g/mol. The van der Waals surface area contributed by atoms with E-state index in [0.29, 0.717) is 5.69 Å². The van der Waals surface area contributed by atoms with E-state index >= 15 is 0 Å². The minimum absolute atomic E-state index is 0.0593. The molecule has 9 heteroatoms. The van der Waals surface area contributed by atoms with Crippen molar-refractivity contribution in [1.82, 2.24) is 0 Å². The molecule has 0 radical (unpaired) electrons. The standard InChI is InChI=1S/C16H12FN3O3S2/c17-13-4-2-1-3-10(13)9-14-15(21)20(16(18)24-14)11-5-7-12(8-6-11)25(19,22)23/h1-9,18H,(H2,19,22,23)/b14-9-,18-16?. The van der Waals surface area contributed by atoms with Gasteiger partial charge in [0.1, 0.15) is 5.82 Å². The lowest BCUT2D eigenvalue weighted by Gasteiger charge is -2.14. The Balaban J connectivity index is 1.93. The lowest BCUT2D eigenvalue weighted by molar-refractivity contribution is -0.113. The normalized spacial score (nSPS) is 16.7. The number of rotatable bonds is 3. The molecule has 1 amide bonds. The second kappa shape index (κ2) is 6.43. The molecule has 0 saturated carbocycles. The van der Waals surface area contributed by atoms with E-state index in [4.69, 9.17) is 10.5 Å². The van der Waals surface area contributed by atoms with Crippen molar-refractivity contribution in [2.75, 3.05) is 4.90 Å². The quantitative estimate of drug-likeness (QED) is 0.802. The molecule has 6 nitrogen and oxygen atoms in total. The predicted octanol–water partition coefficient (Wildman–Crippen LogP) is 2.53. The zero-order valence-electron chi connectivity index (χ0n) is 12.6. The van der Waals surface area contributed by atoms with E-state index in [0.717, 1.165) is 16.7 Å². The predicted molar refractivity (Wildman–Crippen MR) is 95.0 cm³/mol. The number of nitrogens with one attached hydrogen (secondary N) is 1. The number of halogens is 1. The van der Waals surface area contributed by atoms with Gasteiger partial charge in [0.05, 0.1) is 15.5 Å². The maximum Gasteiger partial charge on any atom is 0.271 e. The van der Waals surface area contributed by atoms with Crippen LogP contribution in [0.2, 0.25) is 0 Å². The van der Waals surface area contributed by atoms with E-state index in [1.54, 1.807) is 12.1 Å². The SMILES string of the molecule is N=C1S/C(=C\c2ccccc2F)C(=O)N1c1ccc(S(N)(=O)=O)cc1. The Morgan fingerprint density at radius 2 is 1.76 bits per heavy atom. The second-order valence-corrected chi connectivity index (χ2v) is 7.71. The molecule has 1 aliphatic rings. The van der Waals surface area contributed by atoms with Crippen LogP contribution >= 0.6 is 11.8 Å². The summed E-state index contributed by atoms with van der Waals surface area (Å²) in [6, 6.07) is 11.3. The molecule has 128 valence electrons.